The number of Topliss-reactive ketones (excluding diaryl/α,β-unsaturated/α-hetero) is 1. The number of benzene rings is 1. The molecule has 0 heterocycles. The Bertz CT molecular complexity index is 499. The zero-order valence-electron chi connectivity index (χ0n) is 10.5. The van der Waals surface area contributed by atoms with Crippen LogP contribution in [0, 0.1) is 27.7 Å². The van der Waals surface area contributed by atoms with Crippen LogP contribution >= 0.6 is 0 Å². The summed E-state index contributed by atoms with van der Waals surface area (Å²) in [4.78, 5) is 22.8. The fourth-order valence-electron chi connectivity index (χ4n) is 1.81. The summed E-state index contributed by atoms with van der Waals surface area (Å²) in [6.07, 6.45) is 0. The van der Waals surface area contributed by atoms with Gasteiger partial charge in [-0.05, 0) is 49.9 Å². The molecule has 1 aromatic rings. The average Bonchev–Trinajstić information content (AvgIpc) is 2.25. The van der Waals surface area contributed by atoms with Gasteiger partial charge in [-0.3, -0.25) is 4.79 Å². The predicted molar refractivity (Wildman–Crippen MR) is 66.5 cm³/mol. The van der Waals surface area contributed by atoms with Crippen molar-refractivity contribution in [3.63, 3.8) is 0 Å². The van der Waals surface area contributed by atoms with Crippen LogP contribution < -0.4 is 0 Å². The molecule has 0 fully saturated rings. The van der Waals surface area contributed by atoms with Gasteiger partial charge in [0.15, 0.2) is 5.78 Å². The largest absolute Gasteiger partial charge is 0.478 e. The van der Waals surface area contributed by atoms with Crippen LogP contribution in [-0.4, -0.2) is 16.9 Å². The fourth-order valence-corrected chi connectivity index (χ4v) is 1.81. The van der Waals surface area contributed by atoms with Crippen molar-refractivity contribution in [3.8, 4) is 0 Å². The summed E-state index contributed by atoms with van der Waals surface area (Å²) in [5.74, 6) is -1.77. The minimum atomic E-state index is -1.27. The van der Waals surface area contributed by atoms with Gasteiger partial charge >= 0.3 is 5.97 Å². The van der Waals surface area contributed by atoms with E-state index in [1.54, 1.807) is 0 Å². The molecule has 3 nitrogen and oxygen atoms in total. The molecule has 0 aromatic heterocycles. The van der Waals surface area contributed by atoms with E-state index in [1.165, 1.54) is 0 Å². The first-order valence-electron chi connectivity index (χ1n) is 5.31. The third-order valence-corrected chi connectivity index (χ3v) is 3.13. The van der Waals surface area contributed by atoms with Gasteiger partial charge in [-0.15, -0.1) is 0 Å². The van der Waals surface area contributed by atoms with Crippen LogP contribution in [0.3, 0.4) is 0 Å². The summed E-state index contributed by atoms with van der Waals surface area (Å²) in [5.41, 5.74) is 3.68. The monoisotopic (exact) mass is 232 g/mol. The summed E-state index contributed by atoms with van der Waals surface area (Å²) >= 11 is 0. The molecular weight excluding hydrogens is 216 g/mol. The Balaban J connectivity index is 3.46. The summed E-state index contributed by atoms with van der Waals surface area (Å²) in [7, 11) is 0. The first kappa shape index (κ1) is 13.2. The molecular formula is C14H16O3. The summed E-state index contributed by atoms with van der Waals surface area (Å²) in [6.45, 7) is 10.8. The molecule has 0 aliphatic rings. The van der Waals surface area contributed by atoms with Crippen LogP contribution in [-0.2, 0) is 4.79 Å². The maximum atomic E-state index is 12.1. The van der Waals surface area contributed by atoms with Crippen LogP contribution in [0.1, 0.15) is 32.6 Å². The van der Waals surface area contributed by atoms with Crippen molar-refractivity contribution >= 4 is 11.8 Å². The van der Waals surface area contributed by atoms with Crippen molar-refractivity contribution in [2.75, 3.05) is 0 Å². The Morgan fingerprint density at radius 3 is 1.82 bits per heavy atom. The molecule has 0 amide bonds. The molecule has 0 aliphatic carbocycles. The Morgan fingerprint density at radius 2 is 1.47 bits per heavy atom. The third-order valence-electron chi connectivity index (χ3n) is 3.13. The smallest absolute Gasteiger partial charge is 0.339 e. The van der Waals surface area contributed by atoms with E-state index in [0.29, 0.717) is 5.56 Å². The lowest BCUT2D eigenvalue weighted by Crippen LogP contribution is -2.15. The second kappa shape index (κ2) is 4.53. The third kappa shape index (κ3) is 2.28. The van der Waals surface area contributed by atoms with Crippen molar-refractivity contribution in [2.45, 2.75) is 27.7 Å². The Kier molecular flexibility index (Phi) is 3.51. The van der Waals surface area contributed by atoms with E-state index in [2.05, 4.69) is 6.58 Å². The number of ketones is 1. The maximum absolute atomic E-state index is 12.1. The van der Waals surface area contributed by atoms with Crippen molar-refractivity contribution in [1.82, 2.24) is 0 Å². The van der Waals surface area contributed by atoms with Gasteiger partial charge in [0, 0.05) is 5.56 Å². The van der Waals surface area contributed by atoms with E-state index in [0.717, 1.165) is 22.3 Å². The molecule has 0 bridgehead atoms. The van der Waals surface area contributed by atoms with E-state index < -0.39 is 11.8 Å². The van der Waals surface area contributed by atoms with E-state index >= 15 is 0 Å². The molecule has 1 aromatic carbocycles. The van der Waals surface area contributed by atoms with E-state index in [-0.39, 0.29) is 5.57 Å². The van der Waals surface area contributed by atoms with Crippen molar-refractivity contribution in [1.29, 1.82) is 0 Å². The van der Waals surface area contributed by atoms with Gasteiger partial charge in [-0.2, -0.15) is 0 Å². The number of carboxylic acids is 1. The maximum Gasteiger partial charge on any atom is 0.339 e. The lowest BCUT2D eigenvalue weighted by Gasteiger charge is -2.14. The average molecular weight is 232 g/mol. The van der Waals surface area contributed by atoms with Crippen LogP contribution in [0.2, 0.25) is 0 Å². The van der Waals surface area contributed by atoms with Crippen LogP contribution in [0.15, 0.2) is 18.2 Å². The van der Waals surface area contributed by atoms with E-state index in [1.807, 2.05) is 33.8 Å². The molecule has 0 saturated carbocycles. The fraction of sp³-hybridized carbons (Fsp3) is 0.286. The second-order valence-electron chi connectivity index (χ2n) is 4.25. The number of carboxylic acid groups (broad SMARTS) is 1. The van der Waals surface area contributed by atoms with Crippen molar-refractivity contribution in [2.24, 2.45) is 0 Å². The molecule has 1 rings (SSSR count). The van der Waals surface area contributed by atoms with Gasteiger partial charge in [-0.25, -0.2) is 4.79 Å². The molecule has 0 saturated heterocycles. The van der Waals surface area contributed by atoms with Gasteiger partial charge in [0.05, 0.1) is 0 Å². The minimum Gasteiger partial charge on any atom is -0.478 e. The number of hydrogen-bond acceptors (Lipinski definition) is 2. The normalized spacial score (nSPS) is 10.1. The summed E-state index contributed by atoms with van der Waals surface area (Å²) in [6, 6.07) is 1.99. The number of carbonyl (C=O) groups is 2. The van der Waals surface area contributed by atoms with Crippen LogP contribution in [0.4, 0.5) is 0 Å². The topological polar surface area (TPSA) is 54.4 Å². The zero-order chi connectivity index (χ0) is 13.3. The number of aryl methyl sites for hydroxylation is 2. The molecule has 0 unspecified atom stereocenters. The zero-order valence-corrected chi connectivity index (χ0v) is 10.5. The SMILES string of the molecule is C=C(C(=O)O)C(=O)c1c(C)c(C)cc(C)c1C. The highest BCUT2D eigenvalue weighted by molar-refractivity contribution is 6.24. The van der Waals surface area contributed by atoms with Gasteiger partial charge in [-0.1, -0.05) is 12.6 Å². The Labute approximate surface area is 101 Å². The molecule has 0 spiro atoms. The minimum absolute atomic E-state index is 0.388. The van der Waals surface area contributed by atoms with Gasteiger partial charge in [0.25, 0.3) is 0 Å². The highest BCUT2D eigenvalue weighted by Crippen LogP contribution is 2.23. The molecule has 17 heavy (non-hydrogen) atoms. The summed E-state index contributed by atoms with van der Waals surface area (Å²) < 4.78 is 0. The molecule has 0 radical (unpaired) electrons. The molecule has 0 atom stereocenters. The van der Waals surface area contributed by atoms with Crippen molar-refractivity contribution < 1.29 is 14.7 Å². The lowest BCUT2D eigenvalue weighted by molar-refractivity contribution is -0.132. The highest BCUT2D eigenvalue weighted by Gasteiger charge is 2.21. The first-order chi connectivity index (χ1) is 7.77. The van der Waals surface area contributed by atoms with Crippen molar-refractivity contribution in [3.05, 3.63) is 46.0 Å². The number of aliphatic carboxylic acids is 1. The number of hydrogen-bond donors (Lipinski definition) is 1. The number of rotatable bonds is 3. The molecule has 3 heteroatoms. The Morgan fingerprint density at radius 1 is 1.06 bits per heavy atom. The van der Waals surface area contributed by atoms with Crippen LogP contribution in [0.5, 0.6) is 0 Å². The van der Waals surface area contributed by atoms with Crippen LogP contribution in [0.25, 0.3) is 0 Å². The molecule has 0 aliphatic heterocycles. The second-order valence-corrected chi connectivity index (χ2v) is 4.25. The van der Waals surface area contributed by atoms with Gasteiger partial charge in [0.2, 0.25) is 0 Å². The standard InChI is InChI=1S/C14H16O3/c1-7-6-8(2)10(4)12(9(7)3)13(15)11(5)14(16)17/h6H,5H2,1-4H3,(H,16,17). The lowest BCUT2D eigenvalue weighted by atomic mass is 9.89. The quantitative estimate of drug-likeness (QED) is 0.377. The van der Waals surface area contributed by atoms with E-state index in [4.69, 9.17) is 5.11 Å². The van der Waals surface area contributed by atoms with Gasteiger partial charge in [0.1, 0.15) is 5.57 Å². The number of carbonyl (C=O) groups excluding carboxylic acids is 1. The molecule has 90 valence electrons. The summed E-state index contributed by atoms with van der Waals surface area (Å²) in [5, 5.41) is 8.81. The first-order valence-corrected chi connectivity index (χ1v) is 5.31. The van der Waals surface area contributed by atoms with E-state index in [9.17, 15) is 9.59 Å². The Hall–Kier alpha value is -1.90. The van der Waals surface area contributed by atoms with Gasteiger partial charge < -0.3 is 5.11 Å². The highest BCUT2D eigenvalue weighted by atomic mass is 16.4. The predicted octanol–water partition coefficient (Wildman–Crippen LogP) is 2.74. The molecule has 1 N–H and O–H groups in total.